The van der Waals surface area contributed by atoms with Gasteiger partial charge in [-0.15, -0.1) is 0 Å². The van der Waals surface area contributed by atoms with Crippen molar-refractivity contribution in [2.24, 2.45) is 17.6 Å². The number of nitro groups is 1. The van der Waals surface area contributed by atoms with Gasteiger partial charge in [-0.3, -0.25) is 10.1 Å². The van der Waals surface area contributed by atoms with Gasteiger partial charge in [-0.25, -0.2) is 4.98 Å². The number of rotatable bonds is 2. The molecule has 3 unspecified atom stereocenters. The summed E-state index contributed by atoms with van der Waals surface area (Å²) in [5.41, 5.74) is 6.30. The molecule has 0 amide bonds. The van der Waals surface area contributed by atoms with Gasteiger partial charge >= 0.3 is 0 Å². The Morgan fingerprint density at radius 2 is 2.29 bits per heavy atom. The molecule has 7 nitrogen and oxygen atoms in total. The third-order valence-corrected chi connectivity index (χ3v) is 4.64. The zero-order valence-electron chi connectivity index (χ0n) is 11.6. The van der Waals surface area contributed by atoms with Gasteiger partial charge in [-0.05, 0) is 24.7 Å². The van der Waals surface area contributed by atoms with E-state index in [1.54, 1.807) is 0 Å². The van der Waals surface area contributed by atoms with E-state index < -0.39 is 4.92 Å². The molecule has 2 N–H and O–H groups in total. The van der Waals surface area contributed by atoms with Gasteiger partial charge in [0.1, 0.15) is 23.6 Å². The molecule has 1 aromatic heterocycles. The standard InChI is InChI=1S/C14H17N5O2/c15-5-10-4-11(19(20)21)6-17-14(10)18-7-9-2-1-3-13(16)12(9)8-18/h4,6,9,12-13H,1-3,7-8,16H2. The van der Waals surface area contributed by atoms with Crippen molar-refractivity contribution in [2.45, 2.75) is 25.3 Å². The zero-order chi connectivity index (χ0) is 15.0. The van der Waals surface area contributed by atoms with Gasteiger partial charge < -0.3 is 10.6 Å². The molecule has 0 bridgehead atoms. The average molecular weight is 287 g/mol. The second kappa shape index (κ2) is 5.30. The summed E-state index contributed by atoms with van der Waals surface area (Å²) in [6.07, 6.45) is 4.57. The van der Waals surface area contributed by atoms with Crippen molar-refractivity contribution < 1.29 is 4.92 Å². The van der Waals surface area contributed by atoms with Crippen LogP contribution in [0.5, 0.6) is 0 Å². The Kier molecular flexibility index (Phi) is 3.47. The Morgan fingerprint density at radius 1 is 1.48 bits per heavy atom. The minimum atomic E-state index is -0.530. The highest BCUT2D eigenvalue weighted by atomic mass is 16.6. The Morgan fingerprint density at radius 3 is 2.95 bits per heavy atom. The molecule has 1 aliphatic heterocycles. The zero-order valence-corrected chi connectivity index (χ0v) is 11.6. The average Bonchev–Trinajstić information content (AvgIpc) is 2.91. The van der Waals surface area contributed by atoms with Crippen LogP contribution in [0.25, 0.3) is 0 Å². The van der Waals surface area contributed by atoms with Gasteiger partial charge in [-0.2, -0.15) is 5.26 Å². The van der Waals surface area contributed by atoms with Gasteiger partial charge in [0, 0.05) is 25.2 Å². The molecule has 2 aliphatic rings. The van der Waals surface area contributed by atoms with E-state index in [4.69, 9.17) is 5.73 Å². The van der Waals surface area contributed by atoms with Crippen LogP contribution in [0.3, 0.4) is 0 Å². The molecule has 110 valence electrons. The first-order valence-electron chi connectivity index (χ1n) is 7.15. The maximum absolute atomic E-state index is 10.8. The maximum atomic E-state index is 10.8. The minimum absolute atomic E-state index is 0.149. The van der Waals surface area contributed by atoms with Crippen LogP contribution in [0.15, 0.2) is 12.3 Å². The normalized spacial score (nSPS) is 28.0. The summed E-state index contributed by atoms with van der Waals surface area (Å²) >= 11 is 0. The van der Waals surface area contributed by atoms with E-state index in [0.29, 0.717) is 17.7 Å². The molecule has 7 heteroatoms. The van der Waals surface area contributed by atoms with E-state index in [2.05, 4.69) is 9.88 Å². The number of pyridine rings is 1. The molecule has 1 aromatic rings. The predicted octanol–water partition coefficient (Wildman–Crippen LogP) is 1.43. The Balaban J connectivity index is 1.88. The van der Waals surface area contributed by atoms with E-state index in [0.717, 1.165) is 32.4 Å². The number of fused-ring (bicyclic) bond motifs is 1. The first-order chi connectivity index (χ1) is 10.1. The van der Waals surface area contributed by atoms with Crippen LogP contribution in [0.2, 0.25) is 0 Å². The third-order valence-electron chi connectivity index (χ3n) is 4.64. The van der Waals surface area contributed by atoms with Crippen molar-refractivity contribution >= 4 is 11.5 Å². The number of nitrogens with zero attached hydrogens (tertiary/aromatic N) is 4. The highest BCUT2D eigenvalue weighted by Crippen LogP contribution is 2.38. The van der Waals surface area contributed by atoms with E-state index in [1.807, 2.05) is 6.07 Å². The van der Waals surface area contributed by atoms with Crippen LogP contribution in [0, 0.1) is 33.3 Å². The van der Waals surface area contributed by atoms with E-state index in [1.165, 1.54) is 12.3 Å². The van der Waals surface area contributed by atoms with Gasteiger partial charge in [0.25, 0.3) is 5.69 Å². The monoisotopic (exact) mass is 287 g/mol. The lowest BCUT2D eigenvalue weighted by molar-refractivity contribution is -0.385. The number of nitrogens with two attached hydrogens (primary N) is 1. The number of anilines is 1. The Bertz CT molecular complexity index is 612. The summed E-state index contributed by atoms with van der Waals surface area (Å²) in [5.74, 6) is 1.52. The van der Waals surface area contributed by atoms with Crippen molar-refractivity contribution in [1.82, 2.24) is 4.98 Å². The molecular weight excluding hydrogens is 270 g/mol. The molecule has 2 heterocycles. The van der Waals surface area contributed by atoms with Crippen LogP contribution < -0.4 is 10.6 Å². The van der Waals surface area contributed by atoms with Crippen molar-refractivity contribution in [3.05, 3.63) is 27.9 Å². The second-order valence-corrected chi connectivity index (χ2v) is 5.86. The Labute approximate surface area is 122 Å². The quantitative estimate of drug-likeness (QED) is 0.651. The number of hydrogen-bond acceptors (Lipinski definition) is 6. The van der Waals surface area contributed by atoms with E-state index in [9.17, 15) is 15.4 Å². The van der Waals surface area contributed by atoms with Crippen molar-refractivity contribution in [1.29, 1.82) is 5.26 Å². The van der Waals surface area contributed by atoms with Gasteiger partial charge in [0.15, 0.2) is 0 Å². The SMILES string of the molecule is N#Cc1cc([N+](=O)[O-])cnc1N1CC2CCCC(N)C2C1. The molecule has 1 aliphatic carbocycles. The molecule has 3 atom stereocenters. The molecule has 1 saturated heterocycles. The van der Waals surface area contributed by atoms with Crippen molar-refractivity contribution in [3.8, 4) is 6.07 Å². The topological polar surface area (TPSA) is 109 Å². The molecule has 0 spiro atoms. The fourth-order valence-corrected chi connectivity index (χ4v) is 3.57. The first kappa shape index (κ1) is 13.8. The van der Waals surface area contributed by atoms with E-state index >= 15 is 0 Å². The van der Waals surface area contributed by atoms with Crippen molar-refractivity contribution in [3.63, 3.8) is 0 Å². The Hall–Kier alpha value is -2.20. The first-order valence-corrected chi connectivity index (χ1v) is 7.15. The number of hydrogen-bond donors (Lipinski definition) is 1. The summed E-state index contributed by atoms with van der Waals surface area (Å²) in [7, 11) is 0. The van der Waals surface area contributed by atoms with Crippen molar-refractivity contribution in [2.75, 3.05) is 18.0 Å². The minimum Gasteiger partial charge on any atom is -0.355 e. The van der Waals surface area contributed by atoms with Crippen LogP contribution >= 0.6 is 0 Å². The van der Waals surface area contributed by atoms with Crippen LogP contribution in [0.1, 0.15) is 24.8 Å². The molecule has 0 aromatic carbocycles. The summed E-state index contributed by atoms with van der Waals surface area (Å²) in [6, 6.07) is 3.52. The highest BCUT2D eigenvalue weighted by Gasteiger charge is 2.39. The lowest BCUT2D eigenvalue weighted by Gasteiger charge is -2.29. The fourth-order valence-electron chi connectivity index (χ4n) is 3.57. The third kappa shape index (κ3) is 2.43. The van der Waals surface area contributed by atoms with E-state index in [-0.39, 0.29) is 17.3 Å². The summed E-state index contributed by atoms with van der Waals surface area (Å²) < 4.78 is 0. The summed E-state index contributed by atoms with van der Waals surface area (Å²) in [4.78, 5) is 16.5. The van der Waals surface area contributed by atoms with Gasteiger partial charge in [0.05, 0.1) is 4.92 Å². The lowest BCUT2D eigenvalue weighted by Crippen LogP contribution is -2.38. The highest BCUT2D eigenvalue weighted by molar-refractivity contribution is 5.58. The van der Waals surface area contributed by atoms with Crippen LogP contribution in [-0.2, 0) is 0 Å². The summed E-state index contributed by atoms with van der Waals surface area (Å²) in [6.45, 7) is 1.61. The molecule has 0 radical (unpaired) electrons. The van der Waals surface area contributed by atoms with Gasteiger partial charge in [-0.1, -0.05) is 6.42 Å². The maximum Gasteiger partial charge on any atom is 0.289 e. The van der Waals surface area contributed by atoms with Crippen LogP contribution in [-0.4, -0.2) is 29.0 Å². The number of nitriles is 1. The molecule has 2 fully saturated rings. The molecule has 3 rings (SSSR count). The van der Waals surface area contributed by atoms with Gasteiger partial charge in [0.2, 0.25) is 0 Å². The predicted molar refractivity (Wildman–Crippen MR) is 76.6 cm³/mol. The smallest absolute Gasteiger partial charge is 0.289 e. The lowest BCUT2D eigenvalue weighted by atomic mass is 9.78. The fraction of sp³-hybridized carbons (Fsp3) is 0.571. The summed E-state index contributed by atoms with van der Waals surface area (Å²) in [5, 5.41) is 20.0. The van der Waals surface area contributed by atoms with Crippen LogP contribution in [0.4, 0.5) is 11.5 Å². The largest absolute Gasteiger partial charge is 0.355 e. The molecule has 1 saturated carbocycles. The molecular formula is C14H17N5O2. The molecule has 21 heavy (non-hydrogen) atoms. The second-order valence-electron chi connectivity index (χ2n) is 5.86. The number of aromatic nitrogens is 1.